The fraction of sp³-hybridized carbons (Fsp3) is 0.290. The van der Waals surface area contributed by atoms with Gasteiger partial charge in [-0.25, -0.2) is 4.98 Å². The number of ether oxygens (including phenoxy) is 1. The van der Waals surface area contributed by atoms with Crippen LogP contribution in [0.3, 0.4) is 0 Å². The second-order valence-electron chi connectivity index (χ2n) is 10.1. The van der Waals surface area contributed by atoms with Crippen LogP contribution >= 0.6 is 0 Å². The van der Waals surface area contributed by atoms with Crippen LogP contribution in [-0.2, 0) is 32.0 Å². The lowest BCUT2D eigenvalue weighted by Gasteiger charge is -2.24. The Balaban J connectivity index is 1.79. The van der Waals surface area contributed by atoms with Crippen LogP contribution in [0.2, 0.25) is 0 Å². The highest BCUT2D eigenvalue weighted by molar-refractivity contribution is 5.97. The number of guanidine groups is 1. The van der Waals surface area contributed by atoms with Crippen molar-refractivity contribution in [1.29, 1.82) is 0 Å². The maximum absolute atomic E-state index is 13.7. The average molecular weight is 618 g/mol. The van der Waals surface area contributed by atoms with Gasteiger partial charge in [0.1, 0.15) is 23.9 Å². The number of hydrogen-bond donors (Lipinski definition) is 7. The number of imidazole rings is 1. The number of para-hydroxylation sites is 1. The van der Waals surface area contributed by atoms with Crippen molar-refractivity contribution in [2.75, 3.05) is 13.7 Å². The predicted octanol–water partition coefficient (Wildman–Crippen LogP) is -0.0898. The zero-order valence-corrected chi connectivity index (χ0v) is 24.9. The molecule has 14 heteroatoms. The van der Waals surface area contributed by atoms with E-state index in [0.717, 1.165) is 5.56 Å². The van der Waals surface area contributed by atoms with E-state index in [1.807, 2.05) is 6.07 Å². The third kappa shape index (κ3) is 11.5. The molecule has 45 heavy (non-hydrogen) atoms. The number of rotatable bonds is 17. The van der Waals surface area contributed by atoms with Gasteiger partial charge in [0.25, 0.3) is 0 Å². The van der Waals surface area contributed by atoms with E-state index in [-0.39, 0.29) is 31.8 Å². The Morgan fingerprint density at radius 3 is 2.22 bits per heavy atom. The Morgan fingerprint density at radius 2 is 1.58 bits per heavy atom. The molecule has 0 saturated heterocycles. The molecule has 238 valence electrons. The summed E-state index contributed by atoms with van der Waals surface area (Å²) in [6.45, 7) is 0.243. The molecule has 0 unspecified atom stereocenters. The number of H-pyrrole nitrogens is 1. The van der Waals surface area contributed by atoms with Crippen molar-refractivity contribution in [2.24, 2.45) is 22.2 Å². The maximum atomic E-state index is 13.7. The Labute approximate surface area is 260 Å². The first-order valence-electron chi connectivity index (χ1n) is 14.2. The number of carbonyl (C=O) groups excluding carboxylic acids is 4. The molecule has 0 aliphatic rings. The third-order valence-electron chi connectivity index (χ3n) is 6.69. The molecule has 1 heterocycles. The minimum atomic E-state index is -1.11. The van der Waals surface area contributed by atoms with Crippen LogP contribution in [0.4, 0.5) is 0 Å². The van der Waals surface area contributed by atoms with Crippen molar-refractivity contribution in [1.82, 2.24) is 25.9 Å². The fourth-order valence-electron chi connectivity index (χ4n) is 4.41. The molecule has 0 fully saturated rings. The Hall–Kier alpha value is -5.66. The standard InChI is InChI=1S/C31H39N9O5/c1-45-26-12-6-5-10-21(26)13-14-27(41)38-25(17-22-18-35-19-37-22)30(44)40-24(16-20-8-3-2-4-9-20)29(43)39-23(28(32)42)11-7-15-36-31(33)34/h2-6,8-10,12-14,18-19,23-25H,7,11,15-17H2,1H3,(H2,32,42)(H,35,37)(H,38,41)(H,39,43)(H,40,44)(H4,33,34,36)/b14-13+/t23-,24-,25+/m1/s1. The number of benzene rings is 2. The Kier molecular flexibility index (Phi) is 13.1. The van der Waals surface area contributed by atoms with Crippen LogP contribution in [0.1, 0.15) is 29.7 Å². The molecule has 0 aliphatic carbocycles. The summed E-state index contributed by atoms with van der Waals surface area (Å²) >= 11 is 0. The quantitative estimate of drug-likeness (QED) is 0.0467. The molecule has 0 saturated carbocycles. The molecule has 0 bridgehead atoms. The van der Waals surface area contributed by atoms with Crippen molar-refractivity contribution in [2.45, 2.75) is 43.8 Å². The minimum Gasteiger partial charge on any atom is -0.496 e. The summed E-state index contributed by atoms with van der Waals surface area (Å²) in [5.41, 5.74) is 18.3. The van der Waals surface area contributed by atoms with Crippen molar-refractivity contribution in [3.05, 3.63) is 90.0 Å². The number of methoxy groups -OCH3 is 1. The number of hydrogen-bond acceptors (Lipinski definition) is 7. The van der Waals surface area contributed by atoms with Gasteiger partial charge in [-0.1, -0.05) is 48.5 Å². The van der Waals surface area contributed by atoms with E-state index in [1.54, 1.807) is 54.6 Å². The zero-order chi connectivity index (χ0) is 32.6. The molecule has 3 aromatic rings. The van der Waals surface area contributed by atoms with Gasteiger partial charge in [-0.15, -0.1) is 0 Å². The maximum Gasteiger partial charge on any atom is 0.244 e. The highest BCUT2D eigenvalue weighted by Crippen LogP contribution is 2.18. The van der Waals surface area contributed by atoms with E-state index in [0.29, 0.717) is 23.4 Å². The van der Waals surface area contributed by atoms with Gasteiger partial charge in [0.2, 0.25) is 23.6 Å². The van der Waals surface area contributed by atoms with Gasteiger partial charge in [0.15, 0.2) is 5.96 Å². The number of nitrogens with zero attached hydrogens (tertiary/aromatic N) is 2. The van der Waals surface area contributed by atoms with E-state index in [9.17, 15) is 19.2 Å². The van der Waals surface area contributed by atoms with Gasteiger partial charge in [-0.3, -0.25) is 24.2 Å². The van der Waals surface area contributed by atoms with Gasteiger partial charge < -0.3 is 42.9 Å². The lowest BCUT2D eigenvalue weighted by Crippen LogP contribution is -2.57. The van der Waals surface area contributed by atoms with E-state index in [1.165, 1.54) is 25.7 Å². The number of carbonyl (C=O) groups is 4. The monoisotopic (exact) mass is 617 g/mol. The van der Waals surface area contributed by atoms with Crippen LogP contribution in [0.15, 0.2) is 78.2 Å². The second-order valence-corrected chi connectivity index (χ2v) is 10.1. The summed E-state index contributed by atoms with van der Waals surface area (Å²) in [4.78, 5) is 63.0. The Bertz CT molecular complexity index is 1470. The van der Waals surface area contributed by atoms with Crippen molar-refractivity contribution in [3.8, 4) is 5.75 Å². The zero-order valence-electron chi connectivity index (χ0n) is 24.9. The summed E-state index contributed by atoms with van der Waals surface area (Å²) in [6.07, 6.45) is 6.58. The predicted molar refractivity (Wildman–Crippen MR) is 169 cm³/mol. The third-order valence-corrected chi connectivity index (χ3v) is 6.69. The van der Waals surface area contributed by atoms with Crippen molar-refractivity contribution in [3.63, 3.8) is 0 Å². The lowest BCUT2D eigenvalue weighted by atomic mass is 10.0. The first-order valence-corrected chi connectivity index (χ1v) is 14.2. The van der Waals surface area contributed by atoms with E-state index >= 15 is 0 Å². The summed E-state index contributed by atoms with van der Waals surface area (Å²) in [7, 11) is 1.53. The first-order chi connectivity index (χ1) is 21.7. The molecule has 4 amide bonds. The summed E-state index contributed by atoms with van der Waals surface area (Å²) in [6, 6.07) is 13.0. The second kappa shape index (κ2) is 17.5. The molecular formula is C31H39N9O5. The fourth-order valence-corrected chi connectivity index (χ4v) is 4.41. The largest absolute Gasteiger partial charge is 0.496 e. The summed E-state index contributed by atoms with van der Waals surface area (Å²) in [5, 5.41) is 8.10. The van der Waals surface area contributed by atoms with Crippen LogP contribution in [-0.4, -0.2) is 71.3 Å². The SMILES string of the molecule is COc1ccccc1/C=C/C(=O)N[C@@H](Cc1cnc[nH]1)C(=O)N[C@H](Cc1ccccc1)C(=O)N[C@H](CCCN=C(N)N)C(N)=O. The number of amides is 4. The molecule has 3 rings (SSSR count). The number of nitrogens with one attached hydrogen (secondary N) is 4. The number of aromatic nitrogens is 2. The highest BCUT2D eigenvalue weighted by atomic mass is 16.5. The van der Waals surface area contributed by atoms with E-state index < -0.39 is 41.8 Å². The molecule has 0 aliphatic heterocycles. The van der Waals surface area contributed by atoms with Crippen molar-refractivity contribution >= 4 is 35.7 Å². The molecule has 2 aromatic carbocycles. The van der Waals surface area contributed by atoms with Gasteiger partial charge in [-0.2, -0.15) is 0 Å². The molecule has 0 radical (unpaired) electrons. The number of aliphatic imine (C=N–C) groups is 1. The Morgan fingerprint density at radius 1 is 0.911 bits per heavy atom. The van der Waals surface area contributed by atoms with Gasteiger partial charge in [0.05, 0.1) is 13.4 Å². The molecule has 3 atom stereocenters. The highest BCUT2D eigenvalue weighted by Gasteiger charge is 2.29. The first kappa shape index (κ1) is 33.8. The van der Waals surface area contributed by atoms with E-state index in [2.05, 4.69) is 30.9 Å². The van der Waals surface area contributed by atoms with Gasteiger partial charge >= 0.3 is 0 Å². The minimum absolute atomic E-state index is 0.0639. The van der Waals surface area contributed by atoms with Crippen LogP contribution in [0, 0.1) is 0 Å². The summed E-state index contributed by atoms with van der Waals surface area (Å²) < 4.78 is 5.32. The molecular weight excluding hydrogens is 578 g/mol. The molecule has 0 spiro atoms. The normalized spacial score (nSPS) is 12.8. The molecule has 10 N–H and O–H groups in total. The molecule has 1 aromatic heterocycles. The number of aromatic amines is 1. The average Bonchev–Trinajstić information content (AvgIpc) is 3.54. The molecule has 14 nitrogen and oxygen atoms in total. The van der Waals surface area contributed by atoms with Crippen LogP contribution < -0.4 is 37.9 Å². The summed E-state index contributed by atoms with van der Waals surface area (Å²) in [5.74, 6) is -2.05. The van der Waals surface area contributed by atoms with Crippen molar-refractivity contribution < 1.29 is 23.9 Å². The number of nitrogens with two attached hydrogens (primary N) is 3. The van der Waals surface area contributed by atoms with Gasteiger partial charge in [-0.05, 0) is 30.5 Å². The van der Waals surface area contributed by atoms with E-state index in [4.69, 9.17) is 21.9 Å². The topological polar surface area (TPSA) is 233 Å². The van der Waals surface area contributed by atoms with Gasteiger partial charge in [0, 0.05) is 42.9 Å². The van der Waals surface area contributed by atoms with Crippen LogP contribution in [0.25, 0.3) is 6.08 Å². The lowest BCUT2D eigenvalue weighted by molar-refractivity contribution is -0.132. The smallest absolute Gasteiger partial charge is 0.244 e. The van der Waals surface area contributed by atoms with Crippen LogP contribution in [0.5, 0.6) is 5.75 Å². The number of primary amides is 1.